The van der Waals surface area contributed by atoms with Crippen molar-refractivity contribution in [2.45, 2.75) is 6.92 Å². The summed E-state index contributed by atoms with van der Waals surface area (Å²) in [4.78, 5) is 21.1. The standard InChI is InChI=1S/C19H15ClFN3O2/c1-11-15(19(25)24-13-5-8-17(21)16(20)9-13)10-22-18(23-11)12-3-6-14(26-2)7-4-12/h3-10H,1-2H3,(H,24,25). The Labute approximate surface area is 154 Å². The second kappa shape index (κ2) is 7.49. The first-order valence-electron chi connectivity index (χ1n) is 7.72. The van der Waals surface area contributed by atoms with E-state index in [1.807, 2.05) is 24.3 Å². The fourth-order valence-electron chi connectivity index (χ4n) is 2.34. The molecule has 3 rings (SSSR count). The number of amides is 1. The number of carbonyl (C=O) groups is 1. The summed E-state index contributed by atoms with van der Waals surface area (Å²) >= 11 is 5.72. The zero-order valence-corrected chi connectivity index (χ0v) is 14.8. The molecule has 5 nitrogen and oxygen atoms in total. The lowest BCUT2D eigenvalue weighted by Crippen LogP contribution is -2.15. The molecule has 1 aromatic heterocycles. The van der Waals surface area contributed by atoms with Crippen molar-refractivity contribution in [1.82, 2.24) is 9.97 Å². The van der Waals surface area contributed by atoms with Crippen LogP contribution in [-0.4, -0.2) is 23.0 Å². The molecule has 0 aliphatic rings. The Balaban J connectivity index is 1.81. The highest BCUT2D eigenvalue weighted by atomic mass is 35.5. The van der Waals surface area contributed by atoms with E-state index in [4.69, 9.17) is 16.3 Å². The lowest BCUT2D eigenvalue weighted by molar-refractivity contribution is 0.102. The van der Waals surface area contributed by atoms with Crippen molar-refractivity contribution in [2.75, 3.05) is 12.4 Å². The van der Waals surface area contributed by atoms with Crippen molar-refractivity contribution in [3.05, 3.63) is 70.8 Å². The van der Waals surface area contributed by atoms with Crippen LogP contribution in [0.3, 0.4) is 0 Å². The maximum atomic E-state index is 13.2. The quantitative estimate of drug-likeness (QED) is 0.733. The number of benzene rings is 2. The normalized spacial score (nSPS) is 10.5. The smallest absolute Gasteiger partial charge is 0.259 e. The molecule has 0 bridgehead atoms. The van der Waals surface area contributed by atoms with Gasteiger partial charge in [-0.15, -0.1) is 0 Å². The van der Waals surface area contributed by atoms with Crippen molar-refractivity contribution in [3.63, 3.8) is 0 Å². The molecule has 0 spiro atoms. The molecule has 2 aromatic carbocycles. The van der Waals surface area contributed by atoms with E-state index >= 15 is 0 Å². The van der Waals surface area contributed by atoms with Crippen LogP contribution in [0.1, 0.15) is 16.1 Å². The summed E-state index contributed by atoms with van der Waals surface area (Å²) in [7, 11) is 1.59. The molecule has 0 aliphatic heterocycles. The summed E-state index contributed by atoms with van der Waals surface area (Å²) < 4.78 is 18.3. The van der Waals surface area contributed by atoms with Gasteiger partial charge in [-0.1, -0.05) is 11.6 Å². The highest BCUT2D eigenvalue weighted by Crippen LogP contribution is 2.22. The number of hydrogen-bond donors (Lipinski definition) is 1. The third kappa shape index (κ3) is 3.81. The number of ether oxygens (including phenoxy) is 1. The number of methoxy groups -OCH3 is 1. The van der Waals surface area contributed by atoms with Crippen LogP contribution in [0.4, 0.5) is 10.1 Å². The SMILES string of the molecule is COc1ccc(-c2ncc(C(=O)Nc3ccc(F)c(Cl)c3)c(C)n2)cc1. The second-order valence-electron chi connectivity index (χ2n) is 5.50. The van der Waals surface area contributed by atoms with E-state index in [1.165, 1.54) is 24.4 Å². The first kappa shape index (κ1) is 17.8. The third-order valence-electron chi connectivity index (χ3n) is 3.75. The number of aryl methyl sites for hydroxylation is 1. The Kier molecular flexibility index (Phi) is 5.14. The van der Waals surface area contributed by atoms with E-state index in [0.29, 0.717) is 22.8 Å². The van der Waals surface area contributed by atoms with E-state index in [1.54, 1.807) is 14.0 Å². The van der Waals surface area contributed by atoms with Crippen LogP contribution in [0.5, 0.6) is 5.75 Å². The van der Waals surface area contributed by atoms with E-state index in [-0.39, 0.29) is 5.02 Å². The molecular weight excluding hydrogens is 357 g/mol. The minimum atomic E-state index is -0.548. The van der Waals surface area contributed by atoms with Gasteiger partial charge in [-0.3, -0.25) is 4.79 Å². The van der Waals surface area contributed by atoms with Crippen molar-refractivity contribution < 1.29 is 13.9 Å². The predicted octanol–water partition coefficient (Wildman–Crippen LogP) is 4.51. The number of rotatable bonds is 4. The summed E-state index contributed by atoms with van der Waals surface area (Å²) in [5.74, 6) is 0.297. The van der Waals surface area contributed by atoms with Gasteiger partial charge in [0.25, 0.3) is 5.91 Å². The molecule has 7 heteroatoms. The molecule has 1 N–H and O–H groups in total. The first-order valence-corrected chi connectivity index (χ1v) is 8.10. The summed E-state index contributed by atoms with van der Waals surface area (Å²) in [6.07, 6.45) is 1.46. The van der Waals surface area contributed by atoms with Crippen LogP contribution < -0.4 is 10.1 Å². The number of hydrogen-bond acceptors (Lipinski definition) is 4. The first-order chi connectivity index (χ1) is 12.5. The Morgan fingerprint density at radius 3 is 2.54 bits per heavy atom. The number of carbonyl (C=O) groups excluding carboxylic acids is 1. The number of aromatic nitrogens is 2. The molecule has 0 fully saturated rings. The van der Waals surface area contributed by atoms with Gasteiger partial charge in [-0.2, -0.15) is 0 Å². The van der Waals surface area contributed by atoms with Gasteiger partial charge in [-0.05, 0) is 49.4 Å². The van der Waals surface area contributed by atoms with Gasteiger partial charge in [-0.25, -0.2) is 14.4 Å². The maximum absolute atomic E-state index is 13.2. The molecule has 0 unspecified atom stereocenters. The van der Waals surface area contributed by atoms with Crippen molar-refractivity contribution in [1.29, 1.82) is 0 Å². The van der Waals surface area contributed by atoms with Crippen LogP contribution in [0.15, 0.2) is 48.7 Å². The second-order valence-corrected chi connectivity index (χ2v) is 5.91. The lowest BCUT2D eigenvalue weighted by atomic mass is 10.1. The largest absolute Gasteiger partial charge is 0.497 e. The van der Waals surface area contributed by atoms with Crippen LogP contribution >= 0.6 is 11.6 Å². The molecule has 0 radical (unpaired) electrons. The van der Waals surface area contributed by atoms with Crippen molar-refractivity contribution in [2.24, 2.45) is 0 Å². The zero-order chi connectivity index (χ0) is 18.7. The van der Waals surface area contributed by atoms with Gasteiger partial charge in [0.1, 0.15) is 11.6 Å². The lowest BCUT2D eigenvalue weighted by Gasteiger charge is -2.09. The maximum Gasteiger partial charge on any atom is 0.259 e. The number of anilines is 1. The molecule has 26 heavy (non-hydrogen) atoms. The summed E-state index contributed by atoms with van der Waals surface area (Å²) in [6, 6.07) is 11.3. The van der Waals surface area contributed by atoms with Crippen molar-refractivity contribution in [3.8, 4) is 17.1 Å². The average molecular weight is 372 g/mol. The fraction of sp³-hybridized carbons (Fsp3) is 0.105. The van der Waals surface area contributed by atoms with Crippen molar-refractivity contribution >= 4 is 23.2 Å². The topological polar surface area (TPSA) is 64.1 Å². The average Bonchev–Trinajstić information content (AvgIpc) is 2.64. The van der Waals surface area contributed by atoms with Gasteiger partial charge in [0.05, 0.1) is 23.4 Å². The Morgan fingerprint density at radius 2 is 1.92 bits per heavy atom. The molecule has 1 amide bonds. The number of halogens is 2. The molecule has 0 saturated carbocycles. The minimum absolute atomic E-state index is 0.0642. The number of nitrogens with one attached hydrogen (secondary N) is 1. The van der Waals surface area contributed by atoms with Gasteiger partial charge in [0.2, 0.25) is 0 Å². The number of nitrogens with zero attached hydrogens (tertiary/aromatic N) is 2. The fourth-order valence-corrected chi connectivity index (χ4v) is 2.52. The predicted molar refractivity (Wildman–Crippen MR) is 98.1 cm³/mol. The molecular formula is C19H15ClFN3O2. The van der Waals surface area contributed by atoms with E-state index in [9.17, 15) is 9.18 Å². The molecule has 0 saturated heterocycles. The molecule has 3 aromatic rings. The Hall–Kier alpha value is -2.99. The van der Waals surface area contributed by atoms with Crippen LogP contribution in [0, 0.1) is 12.7 Å². The monoisotopic (exact) mass is 371 g/mol. The summed E-state index contributed by atoms with van der Waals surface area (Å²) in [6.45, 7) is 1.72. The molecule has 0 aliphatic carbocycles. The van der Waals surface area contributed by atoms with Crippen LogP contribution in [0.2, 0.25) is 5.02 Å². The van der Waals surface area contributed by atoms with Gasteiger partial charge in [0, 0.05) is 17.4 Å². The van der Waals surface area contributed by atoms with E-state index < -0.39 is 11.7 Å². The van der Waals surface area contributed by atoms with Gasteiger partial charge in [0.15, 0.2) is 5.82 Å². The minimum Gasteiger partial charge on any atom is -0.497 e. The summed E-state index contributed by atoms with van der Waals surface area (Å²) in [5, 5.41) is 2.59. The van der Waals surface area contributed by atoms with Crippen LogP contribution in [-0.2, 0) is 0 Å². The highest BCUT2D eigenvalue weighted by molar-refractivity contribution is 6.31. The Bertz CT molecular complexity index is 961. The van der Waals surface area contributed by atoms with Crippen LogP contribution in [0.25, 0.3) is 11.4 Å². The Morgan fingerprint density at radius 1 is 1.19 bits per heavy atom. The van der Waals surface area contributed by atoms with E-state index in [0.717, 1.165) is 11.3 Å². The summed E-state index contributed by atoms with van der Waals surface area (Å²) in [5.41, 5.74) is 2.05. The highest BCUT2D eigenvalue weighted by Gasteiger charge is 2.14. The van der Waals surface area contributed by atoms with Gasteiger partial charge < -0.3 is 10.1 Å². The molecule has 0 atom stereocenters. The zero-order valence-electron chi connectivity index (χ0n) is 14.1. The molecule has 1 heterocycles. The third-order valence-corrected chi connectivity index (χ3v) is 4.04. The van der Waals surface area contributed by atoms with Gasteiger partial charge >= 0.3 is 0 Å². The van der Waals surface area contributed by atoms with E-state index in [2.05, 4.69) is 15.3 Å². The molecule has 132 valence electrons.